The molecule has 4 aromatic rings. The summed E-state index contributed by atoms with van der Waals surface area (Å²) in [6, 6.07) is 5.94. The lowest BCUT2D eigenvalue weighted by molar-refractivity contribution is -0.0154. The molecule has 3 aliphatic rings. The lowest BCUT2D eigenvalue weighted by atomic mass is 9.81. The van der Waals surface area contributed by atoms with E-state index in [0.717, 1.165) is 19.4 Å². The van der Waals surface area contributed by atoms with Gasteiger partial charge in [0.1, 0.15) is 41.4 Å². The van der Waals surface area contributed by atoms with Crippen LogP contribution in [-0.4, -0.2) is 82.5 Å². The molecule has 0 amide bonds. The Bertz CT molecular complexity index is 1840. The Morgan fingerprint density at radius 3 is 2.67 bits per heavy atom. The van der Waals surface area contributed by atoms with Crippen molar-refractivity contribution in [2.24, 2.45) is 5.41 Å². The Kier molecular flexibility index (Phi) is 7.45. The molecule has 7 rings (SSSR count). The summed E-state index contributed by atoms with van der Waals surface area (Å²) in [5.74, 6) is 1.27. The van der Waals surface area contributed by atoms with Crippen LogP contribution in [0.5, 0.6) is 11.8 Å². The monoisotopic (exact) mass is 616 g/mol. The summed E-state index contributed by atoms with van der Waals surface area (Å²) in [5, 5.41) is 15.2. The molecule has 2 aromatic carbocycles. The number of alkyl halides is 1. The molecule has 0 unspecified atom stereocenters. The van der Waals surface area contributed by atoms with E-state index in [9.17, 15) is 9.50 Å². The maximum Gasteiger partial charge on any atom is 0.319 e. The van der Waals surface area contributed by atoms with Gasteiger partial charge in [-0.05, 0) is 49.4 Å². The van der Waals surface area contributed by atoms with E-state index in [2.05, 4.69) is 31.0 Å². The van der Waals surface area contributed by atoms with Gasteiger partial charge in [-0.25, -0.2) is 13.2 Å². The molecule has 0 radical (unpaired) electrons. The van der Waals surface area contributed by atoms with Crippen LogP contribution in [-0.2, 0) is 0 Å². The summed E-state index contributed by atoms with van der Waals surface area (Å²) in [6.45, 7) is 7.27. The maximum absolute atomic E-state index is 16.7. The van der Waals surface area contributed by atoms with Crippen LogP contribution in [0.15, 0.2) is 30.5 Å². The Hall–Kier alpha value is -4.14. The quantitative estimate of drug-likeness (QED) is 0.286. The minimum Gasteiger partial charge on any atom is -0.508 e. The summed E-state index contributed by atoms with van der Waals surface area (Å²) in [5.41, 5.74) is -0.909. The van der Waals surface area contributed by atoms with Gasteiger partial charge < -0.3 is 25.0 Å². The van der Waals surface area contributed by atoms with Gasteiger partial charge in [0.2, 0.25) is 0 Å². The number of likely N-dealkylation sites (tertiary alicyclic amines) is 1. The lowest BCUT2D eigenvalue weighted by Crippen LogP contribution is -2.51. The standard InChI is InChI=1S/C34H35F3N6O2/c1-4-23-26(35)9-6-19-12-22(44)13-24(28(19)23)30-29(37)31-25(14-38-30)32(43-15-20-7-8-21(16-43)39-20)41-33(40-31)45-18-34(3)17-42(5-2)11-10-27(34)36/h1,6,9,12-14,20-21,27,39,44H,5,7-8,10-11,15-18H2,2-3H3/t20-,21+,27-,34+/m1/s1. The van der Waals surface area contributed by atoms with Crippen molar-refractivity contribution < 1.29 is 23.0 Å². The molecule has 234 valence electrons. The Labute approximate surface area is 259 Å². The number of halogens is 3. The van der Waals surface area contributed by atoms with Gasteiger partial charge >= 0.3 is 6.01 Å². The number of nitrogens with zero attached hydrogens (tertiary/aromatic N) is 5. The number of benzene rings is 2. The molecule has 5 heterocycles. The van der Waals surface area contributed by atoms with Gasteiger partial charge in [-0.1, -0.05) is 25.8 Å². The predicted molar refractivity (Wildman–Crippen MR) is 167 cm³/mol. The van der Waals surface area contributed by atoms with E-state index in [1.807, 2.05) is 13.8 Å². The highest BCUT2D eigenvalue weighted by atomic mass is 19.1. The third-order valence-electron chi connectivity index (χ3n) is 9.63. The number of terminal acetylenes is 1. The van der Waals surface area contributed by atoms with Gasteiger partial charge in [-0.2, -0.15) is 9.97 Å². The second kappa shape index (κ2) is 11.3. The molecule has 4 atom stereocenters. The van der Waals surface area contributed by atoms with Crippen molar-refractivity contribution in [1.29, 1.82) is 0 Å². The van der Waals surface area contributed by atoms with Crippen molar-refractivity contribution in [3.8, 4) is 35.4 Å². The molecular formula is C34H35F3N6O2. The molecule has 2 bridgehead atoms. The van der Waals surface area contributed by atoms with Crippen LogP contribution in [0.2, 0.25) is 0 Å². The number of fused-ring (bicyclic) bond motifs is 4. The van der Waals surface area contributed by atoms with E-state index < -0.39 is 23.2 Å². The van der Waals surface area contributed by atoms with Gasteiger partial charge in [0, 0.05) is 60.8 Å². The number of ether oxygens (including phenoxy) is 1. The van der Waals surface area contributed by atoms with E-state index in [1.54, 1.807) is 0 Å². The molecule has 3 aliphatic heterocycles. The SMILES string of the molecule is C#Cc1c(F)ccc2cc(O)cc(-c3ncc4c(N5C[C@H]6CC[C@@H](C5)N6)nc(OC[C@]5(C)CN(CC)CC[C@H]5F)nc4c3F)c12. The van der Waals surface area contributed by atoms with Crippen LogP contribution in [0.3, 0.4) is 0 Å². The first-order valence-electron chi connectivity index (χ1n) is 15.5. The van der Waals surface area contributed by atoms with Crippen molar-refractivity contribution in [2.75, 3.05) is 44.2 Å². The summed E-state index contributed by atoms with van der Waals surface area (Å²) in [6.07, 6.45) is 8.58. The second-order valence-corrected chi connectivity index (χ2v) is 12.8. The van der Waals surface area contributed by atoms with Gasteiger partial charge in [-0.3, -0.25) is 4.98 Å². The van der Waals surface area contributed by atoms with Crippen LogP contribution in [0.25, 0.3) is 32.9 Å². The van der Waals surface area contributed by atoms with E-state index >= 15 is 8.78 Å². The van der Waals surface area contributed by atoms with E-state index in [1.165, 1.54) is 30.5 Å². The summed E-state index contributed by atoms with van der Waals surface area (Å²) in [4.78, 5) is 18.0. The molecule has 11 heteroatoms. The van der Waals surface area contributed by atoms with Crippen LogP contribution in [0.4, 0.5) is 19.0 Å². The largest absolute Gasteiger partial charge is 0.508 e. The van der Waals surface area contributed by atoms with Crippen molar-refractivity contribution in [3.05, 3.63) is 47.7 Å². The number of phenols is 1. The van der Waals surface area contributed by atoms with Crippen LogP contribution < -0.4 is 15.0 Å². The zero-order valence-corrected chi connectivity index (χ0v) is 25.3. The van der Waals surface area contributed by atoms with Crippen molar-refractivity contribution in [2.45, 2.75) is 51.4 Å². The average Bonchev–Trinajstić information content (AvgIpc) is 3.38. The Morgan fingerprint density at radius 1 is 1.16 bits per heavy atom. The molecule has 45 heavy (non-hydrogen) atoms. The normalized spacial score (nSPS) is 25.2. The average molecular weight is 617 g/mol. The van der Waals surface area contributed by atoms with Crippen molar-refractivity contribution >= 4 is 27.5 Å². The van der Waals surface area contributed by atoms with Gasteiger partial charge in [0.15, 0.2) is 5.82 Å². The first-order valence-corrected chi connectivity index (χ1v) is 15.5. The number of piperidine rings is 1. The third-order valence-corrected chi connectivity index (χ3v) is 9.63. The molecule has 2 N–H and O–H groups in total. The number of pyridine rings is 1. The van der Waals surface area contributed by atoms with Crippen LogP contribution in [0.1, 0.15) is 38.7 Å². The predicted octanol–water partition coefficient (Wildman–Crippen LogP) is 5.20. The van der Waals surface area contributed by atoms with Gasteiger partial charge in [0.25, 0.3) is 0 Å². The number of hydrogen-bond acceptors (Lipinski definition) is 8. The molecule has 8 nitrogen and oxygen atoms in total. The number of aromatic nitrogens is 3. The second-order valence-electron chi connectivity index (χ2n) is 12.8. The number of nitrogens with one attached hydrogen (secondary N) is 1. The minimum absolute atomic E-state index is 0.0178. The molecular weight excluding hydrogens is 581 g/mol. The zero-order chi connectivity index (χ0) is 31.5. The zero-order valence-electron chi connectivity index (χ0n) is 25.3. The highest BCUT2D eigenvalue weighted by Crippen LogP contribution is 2.40. The molecule has 3 fully saturated rings. The number of hydrogen-bond donors (Lipinski definition) is 2. The van der Waals surface area contributed by atoms with E-state index in [-0.39, 0.29) is 58.2 Å². The van der Waals surface area contributed by atoms with Crippen LogP contribution >= 0.6 is 0 Å². The summed E-state index contributed by atoms with van der Waals surface area (Å²) < 4.78 is 52.9. The fourth-order valence-electron chi connectivity index (χ4n) is 7.21. The minimum atomic E-state index is -1.07. The van der Waals surface area contributed by atoms with Gasteiger partial charge in [-0.15, -0.1) is 6.42 Å². The third kappa shape index (κ3) is 5.20. The summed E-state index contributed by atoms with van der Waals surface area (Å²) in [7, 11) is 0. The smallest absolute Gasteiger partial charge is 0.319 e. The first-order chi connectivity index (χ1) is 21.7. The molecule has 0 aliphatic carbocycles. The van der Waals surface area contributed by atoms with E-state index in [4.69, 9.17) is 16.1 Å². The number of aromatic hydroxyl groups is 1. The topological polar surface area (TPSA) is 86.6 Å². The number of anilines is 1. The Balaban J connectivity index is 1.37. The molecule has 0 spiro atoms. The van der Waals surface area contributed by atoms with Crippen molar-refractivity contribution in [1.82, 2.24) is 25.2 Å². The number of rotatable bonds is 6. The Morgan fingerprint density at radius 2 is 1.93 bits per heavy atom. The highest BCUT2D eigenvalue weighted by Gasteiger charge is 2.41. The summed E-state index contributed by atoms with van der Waals surface area (Å²) >= 11 is 0. The van der Waals surface area contributed by atoms with Crippen LogP contribution in [0, 0.1) is 29.4 Å². The fraction of sp³-hybridized carbons (Fsp3) is 0.441. The van der Waals surface area contributed by atoms with Crippen molar-refractivity contribution in [3.63, 3.8) is 0 Å². The van der Waals surface area contributed by atoms with E-state index in [0.29, 0.717) is 49.2 Å². The lowest BCUT2D eigenvalue weighted by Gasteiger charge is -2.42. The first kappa shape index (κ1) is 29.6. The number of phenolic OH excluding ortho intramolecular Hbond substituents is 1. The maximum atomic E-state index is 16.7. The molecule has 2 aromatic heterocycles. The fourth-order valence-corrected chi connectivity index (χ4v) is 7.21. The number of piperazine rings is 1. The molecule has 0 saturated carbocycles. The highest BCUT2D eigenvalue weighted by molar-refractivity contribution is 6.03. The van der Waals surface area contributed by atoms with Gasteiger partial charge in [0.05, 0.1) is 10.9 Å². The molecule has 3 saturated heterocycles.